The molecule has 116 valence electrons. The molecular weight excluding hydrogens is 280 g/mol. The highest BCUT2D eigenvalue weighted by Crippen LogP contribution is 2.22. The van der Waals surface area contributed by atoms with Gasteiger partial charge in [0.05, 0.1) is 13.2 Å². The minimum absolute atomic E-state index is 0.125. The molecule has 2 N–H and O–H groups in total. The summed E-state index contributed by atoms with van der Waals surface area (Å²) in [6.07, 6.45) is 3.55. The number of aliphatic hydroxyl groups excluding tert-OH is 2. The number of nitrogens with zero attached hydrogens (tertiary/aromatic N) is 2. The summed E-state index contributed by atoms with van der Waals surface area (Å²) in [5.74, 6) is -0.193. The zero-order chi connectivity index (χ0) is 15.9. The molecule has 0 fully saturated rings. The maximum Gasteiger partial charge on any atom is 0.254 e. The van der Waals surface area contributed by atoms with E-state index in [1.54, 1.807) is 24.5 Å². The Morgan fingerprint density at radius 3 is 2.27 bits per heavy atom. The van der Waals surface area contributed by atoms with Crippen LogP contribution < -0.4 is 0 Å². The normalized spacial score (nSPS) is 10.5. The Hall–Kier alpha value is -2.24. The highest BCUT2D eigenvalue weighted by atomic mass is 16.3. The van der Waals surface area contributed by atoms with Gasteiger partial charge in [-0.3, -0.25) is 9.78 Å². The highest BCUT2D eigenvalue weighted by Gasteiger charge is 2.14. The van der Waals surface area contributed by atoms with E-state index in [-0.39, 0.29) is 32.2 Å². The number of benzene rings is 1. The number of hydrogen-bond donors (Lipinski definition) is 2. The molecule has 22 heavy (non-hydrogen) atoms. The van der Waals surface area contributed by atoms with Crippen molar-refractivity contribution < 1.29 is 15.0 Å². The zero-order valence-corrected chi connectivity index (χ0v) is 12.6. The maximum atomic E-state index is 12.3. The SMILES string of the molecule is Cc1cnccc1-c1ccc(C(=O)N(CCO)CCO)cc1. The molecular formula is C17H20N2O3. The van der Waals surface area contributed by atoms with E-state index in [2.05, 4.69) is 4.98 Å². The van der Waals surface area contributed by atoms with E-state index in [0.29, 0.717) is 5.56 Å². The number of pyridine rings is 1. The van der Waals surface area contributed by atoms with E-state index in [1.807, 2.05) is 25.1 Å². The number of carbonyl (C=O) groups excluding carboxylic acids is 1. The Morgan fingerprint density at radius 1 is 1.09 bits per heavy atom. The van der Waals surface area contributed by atoms with Crippen LogP contribution in [0.2, 0.25) is 0 Å². The van der Waals surface area contributed by atoms with Crippen LogP contribution >= 0.6 is 0 Å². The van der Waals surface area contributed by atoms with Crippen LogP contribution in [0.4, 0.5) is 0 Å². The summed E-state index contributed by atoms with van der Waals surface area (Å²) in [6.45, 7) is 2.17. The third kappa shape index (κ3) is 3.69. The highest BCUT2D eigenvalue weighted by molar-refractivity contribution is 5.94. The summed E-state index contributed by atoms with van der Waals surface area (Å²) in [4.78, 5) is 17.8. The molecule has 0 unspecified atom stereocenters. The second-order valence-corrected chi connectivity index (χ2v) is 5.01. The van der Waals surface area contributed by atoms with Gasteiger partial charge in [0.15, 0.2) is 0 Å². The Labute approximate surface area is 129 Å². The topological polar surface area (TPSA) is 73.7 Å². The Morgan fingerprint density at radius 2 is 1.73 bits per heavy atom. The van der Waals surface area contributed by atoms with Crippen LogP contribution in [-0.2, 0) is 0 Å². The van der Waals surface area contributed by atoms with Crippen molar-refractivity contribution >= 4 is 5.91 Å². The fourth-order valence-corrected chi connectivity index (χ4v) is 2.33. The van der Waals surface area contributed by atoms with Crippen LogP contribution in [-0.4, -0.2) is 52.3 Å². The maximum absolute atomic E-state index is 12.3. The first-order valence-electron chi connectivity index (χ1n) is 7.19. The summed E-state index contributed by atoms with van der Waals surface area (Å²) in [7, 11) is 0. The molecule has 5 nitrogen and oxygen atoms in total. The Balaban J connectivity index is 2.21. The minimum Gasteiger partial charge on any atom is -0.395 e. The lowest BCUT2D eigenvalue weighted by Gasteiger charge is -2.20. The molecule has 1 heterocycles. The zero-order valence-electron chi connectivity index (χ0n) is 12.6. The molecule has 5 heteroatoms. The van der Waals surface area contributed by atoms with Crippen LogP contribution in [0.3, 0.4) is 0 Å². The molecule has 0 atom stereocenters. The summed E-state index contributed by atoms with van der Waals surface area (Å²) >= 11 is 0. The third-order valence-corrected chi connectivity index (χ3v) is 3.49. The van der Waals surface area contributed by atoms with Gasteiger partial charge >= 0.3 is 0 Å². The number of rotatable bonds is 6. The van der Waals surface area contributed by atoms with Gasteiger partial charge in [-0.15, -0.1) is 0 Å². The summed E-state index contributed by atoms with van der Waals surface area (Å²) in [5.41, 5.74) is 3.71. The molecule has 0 radical (unpaired) electrons. The van der Waals surface area contributed by atoms with Gasteiger partial charge in [0.2, 0.25) is 0 Å². The van der Waals surface area contributed by atoms with E-state index in [9.17, 15) is 4.79 Å². The quantitative estimate of drug-likeness (QED) is 0.847. The van der Waals surface area contributed by atoms with Gasteiger partial charge < -0.3 is 15.1 Å². The lowest BCUT2D eigenvalue weighted by atomic mass is 10.0. The van der Waals surface area contributed by atoms with Gasteiger partial charge in [0.25, 0.3) is 5.91 Å². The van der Waals surface area contributed by atoms with Gasteiger partial charge in [-0.2, -0.15) is 0 Å². The fraction of sp³-hybridized carbons (Fsp3) is 0.294. The van der Waals surface area contributed by atoms with Crippen LogP contribution in [0, 0.1) is 6.92 Å². The van der Waals surface area contributed by atoms with Crippen molar-refractivity contribution in [2.45, 2.75) is 6.92 Å². The van der Waals surface area contributed by atoms with Gasteiger partial charge in [-0.05, 0) is 41.8 Å². The van der Waals surface area contributed by atoms with Crippen LogP contribution in [0.1, 0.15) is 15.9 Å². The summed E-state index contributed by atoms with van der Waals surface area (Å²) < 4.78 is 0. The standard InChI is InChI=1S/C17H20N2O3/c1-13-12-18-7-6-16(13)14-2-4-15(5-3-14)17(22)19(8-10-20)9-11-21/h2-7,12,20-21H,8-11H2,1H3. The Bertz CT molecular complexity index is 620. The molecule has 0 saturated carbocycles. The average Bonchev–Trinajstić information content (AvgIpc) is 2.55. The van der Waals surface area contributed by atoms with Gasteiger partial charge in [0.1, 0.15) is 0 Å². The third-order valence-electron chi connectivity index (χ3n) is 3.49. The lowest BCUT2D eigenvalue weighted by Crippen LogP contribution is -2.35. The second-order valence-electron chi connectivity index (χ2n) is 5.01. The minimum atomic E-state index is -0.193. The van der Waals surface area contributed by atoms with Crippen LogP contribution in [0.15, 0.2) is 42.7 Å². The summed E-state index contributed by atoms with van der Waals surface area (Å²) in [6, 6.07) is 9.26. The molecule has 0 aliphatic carbocycles. The van der Waals surface area contributed by atoms with Crippen molar-refractivity contribution in [3.63, 3.8) is 0 Å². The van der Waals surface area contributed by atoms with Gasteiger partial charge in [-0.1, -0.05) is 12.1 Å². The predicted molar refractivity (Wildman–Crippen MR) is 84.5 cm³/mol. The van der Waals surface area contributed by atoms with Crippen LogP contribution in [0.25, 0.3) is 11.1 Å². The van der Waals surface area contributed by atoms with Gasteiger partial charge in [-0.25, -0.2) is 0 Å². The smallest absolute Gasteiger partial charge is 0.254 e. The van der Waals surface area contributed by atoms with Crippen molar-refractivity contribution in [2.24, 2.45) is 0 Å². The number of hydrogen-bond acceptors (Lipinski definition) is 4. The second kappa shape index (κ2) is 7.68. The van der Waals surface area contributed by atoms with Crippen LogP contribution in [0.5, 0.6) is 0 Å². The number of aliphatic hydroxyl groups is 2. The number of aromatic nitrogens is 1. The molecule has 0 aliphatic heterocycles. The van der Waals surface area contributed by atoms with Crippen molar-refractivity contribution in [1.29, 1.82) is 0 Å². The predicted octanol–water partition coefficient (Wildman–Crippen LogP) is 1.48. The molecule has 2 aromatic rings. The first-order chi connectivity index (χ1) is 10.7. The molecule has 1 aromatic heterocycles. The summed E-state index contributed by atoms with van der Waals surface area (Å²) in [5, 5.41) is 18.0. The first-order valence-corrected chi connectivity index (χ1v) is 7.19. The lowest BCUT2D eigenvalue weighted by molar-refractivity contribution is 0.0685. The van der Waals surface area contributed by atoms with Crippen molar-refractivity contribution in [3.05, 3.63) is 53.9 Å². The average molecular weight is 300 g/mol. The molecule has 0 spiro atoms. The first kappa shape index (κ1) is 16.1. The molecule has 0 bridgehead atoms. The fourth-order valence-electron chi connectivity index (χ4n) is 2.33. The number of aryl methyl sites for hydroxylation is 1. The van der Waals surface area contributed by atoms with Crippen molar-refractivity contribution in [2.75, 3.05) is 26.3 Å². The van der Waals surface area contributed by atoms with E-state index in [4.69, 9.17) is 10.2 Å². The van der Waals surface area contributed by atoms with Crippen molar-refractivity contribution in [1.82, 2.24) is 9.88 Å². The van der Waals surface area contributed by atoms with E-state index < -0.39 is 0 Å². The van der Waals surface area contributed by atoms with E-state index in [0.717, 1.165) is 16.7 Å². The molecule has 1 amide bonds. The van der Waals surface area contributed by atoms with Gasteiger partial charge in [0, 0.05) is 31.0 Å². The molecule has 0 saturated heterocycles. The molecule has 1 aromatic carbocycles. The number of amides is 1. The monoisotopic (exact) mass is 300 g/mol. The Kier molecular flexibility index (Phi) is 5.63. The molecule has 2 rings (SSSR count). The molecule has 0 aliphatic rings. The van der Waals surface area contributed by atoms with Crippen molar-refractivity contribution in [3.8, 4) is 11.1 Å². The van der Waals surface area contributed by atoms with E-state index >= 15 is 0 Å². The number of carbonyl (C=O) groups is 1. The van der Waals surface area contributed by atoms with E-state index in [1.165, 1.54) is 4.90 Å². The largest absolute Gasteiger partial charge is 0.395 e.